The molecule has 0 saturated carbocycles. The van der Waals surface area contributed by atoms with E-state index in [2.05, 4.69) is 10.3 Å². The van der Waals surface area contributed by atoms with E-state index in [9.17, 15) is 14.7 Å². The van der Waals surface area contributed by atoms with E-state index in [0.717, 1.165) is 5.69 Å². The molecule has 0 spiro atoms. The Balaban J connectivity index is 2.11. The summed E-state index contributed by atoms with van der Waals surface area (Å²) in [7, 11) is 0. The molecule has 0 bridgehead atoms. The highest BCUT2D eigenvalue weighted by molar-refractivity contribution is 6.34. The minimum atomic E-state index is -1.14. The zero-order valence-corrected chi connectivity index (χ0v) is 19.8. The van der Waals surface area contributed by atoms with Gasteiger partial charge in [-0.1, -0.05) is 35.9 Å². The molecule has 0 fully saturated rings. The van der Waals surface area contributed by atoms with Gasteiger partial charge in [0.2, 0.25) is 0 Å². The van der Waals surface area contributed by atoms with Crippen LogP contribution >= 0.6 is 11.6 Å². The summed E-state index contributed by atoms with van der Waals surface area (Å²) in [5.41, 5.74) is 9.90. The third kappa shape index (κ3) is 5.32. The standard InChI is InChI=1S/C26H25ClN4O3/c1-14(28)24(16(3)32)17-7-10-20(23(13-17)31-15(2)22-6-4-5-11-30-22)25(29)18-8-9-19(26(33)34)21(27)12-18/h4-13,15,29,31H,28H2,1-3H3,(H,33,34)/t15-/m0/s1. The average molecular weight is 477 g/mol. The molecule has 0 aliphatic heterocycles. The molecule has 34 heavy (non-hydrogen) atoms. The molecule has 5 N–H and O–H groups in total. The third-order valence-electron chi connectivity index (χ3n) is 5.32. The number of nitrogens with one attached hydrogen (secondary N) is 2. The molecule has 2 aromatic carbocycles. The Bertz CT molecular complexity index is 1300. The van der Waals surface area contributed by atoms with Gasteiger partial charge >= 0.3 is 5.97 Å². The quantitative estimate of drug-likeness (QED) is 0.258. The fraction of sp³-hybridized carbons (Fsp3) is 0.154. The van der Waals surface area contributed by atoms with Crippen LogP contribution in [-0.2, 0) is 4.79 Å². The molecule has 0 unspecified atom stereocenters. The van der Waals surface area contributed by atoms with Crippen LogP contribution in [0.5, 0.6) is 0 Å². The third-order valence-corrected chi connectivity index (χ3v) is 5.63. The van der Waals surface area contributed by atoms with Gasteiger partial charge in [-0.05, 0) is 56.7 Å². The zero-order chi connectivity index (χ0) is 25.0. The second-order valence-electron chi connectivity index (χ2n) is 7.87. The van der Waals surface area contributed by atoms with E-state index in [1.807, 2.05) is 25.1 Å². The van der Waals surface area contributed by atoms with Crippen molar-refractivity contribution in [3.05, 3.63) is 99.5 Å². The summed E-state index contributed by atoms with van der Waals surface area (Å²) in [4.78, 5) is 27.9. The Kier molecular flexibility index (Phi) is 7.48. The molecule has 174 valence electrons. The summed E-state index contributed by atoms with van der Waals surface area (Å²) in [6.45, 7) is 5.07. The largest absolute Gasteiger partial charge is 0.478 e. The maximum atomic E-state index is 12.2. The van der Waals surface area contributed by atoms with E-state index >= 15 is 0 Å². The van der Waals surface area contributed by atoms with Gasteiger partial charge in [0, 0.05) is 34.3 Å². The van der Waals surface area contributed by atoms with Crippen LogP contribution in [0.3, 0.4) is 0 Å². The summed E-state index contributed by atoms with van der Waals surface area (Å²) in [6, 6.07) is 15.0. The highest BCUT2D eigenvalue weighted by Gasteiger charge is 2.19. The van der Waals surface area contributed by atoms with Crippen molar-refractivity contribution in [1.82, 2.24) is 4.98 Å². The van der Waals surface area contributed by atoms with Crippen LogP contribution in [0.15, 0.2) is 66.5 Å². The lowest BCUT2D eigenvalue weighted by Crippen LogP contribution is -2.14. The molecule has 1 heterocycles. The molecule has 1 atom stereocenters. The van der Waals surface area contributed by atoms with Crippen LogP contribution in [0.2, 0.25) is 5.02 Å². The first kappa shape index (κ1) is 24.7. The molecule has 1 aromatic heterocycles. The SMILES string of the molecule is CC(=O)C(=C(C)N)c1ccc(C(=N)c2ccc(C(=O)O)c(Cl)c2)c(N[C@@H](C)c2ccccn2)c1. The van der Waals surface area contributed by atoms with Gasteiger partial charge in [0.15, 0.2) is 5.78 Å². The highest BCUT2D eigenvalue weighted by Crippen LogP contribution is 2.30. The van der Waals surface area contributed by atoms with Crippen LogP contribution in [0.1, 0.15) is 59.6 Å². The number of ketones is 1. The minimum Gasteiger partial charge on any atom is -0.478 e. The van der Waals surface area contributed by atoms with Crippen LogP contribution in [0.25, 0.3) is 5.57 Å². The number of carboxylic acids is 1. The number of hydrogen-bond donors (Lipinski definition) is 4. The van der Waals surface area contributed by atoms with Crippen molar-refractivity contribution in [3.63, 3.8) is 0 Å². The average Bonchev–Trinajstić information content (AvgIpc) is 2.78. The number of carboxylic acid groups (broad SMARTS) is 1. The number of nitrogens with two attached hydrogens (primary N) is 1. The van der Waals surface area contributed by atoms with E-state index < -0.39 is 5.97 Å². The lowest BCUT2D eigenvalue weighted by molar-refractivity contribution is -0.111. The van der Waals surface area contributed by atoms with Crippen molar-refractivity contribution >= 4 is 40.3 Å². The number of anilines is 1. The number of rotatable bonds is 8. The van der Waals surface area contributed by atoms with E-state index in [0.29, 0.717) is 33.6 Å². The molecular weight excluding hydrogens is 452 g/mol. The van der Waals surface area contributed by atoms with Crippen LogP contribution < -0.4 is 11.1 Å². The molecule has 0 amide bonds. The van der Waals surface area contributed by atoms with Gasteiger partial charge in [-0.3, -0.25) is 15.2 Å². The Hall–Kier alpha value is -3.97. The summed E-state index contributed by atoms with van der Waals surface area (Å²) >= 11 is 6.14. The van der Waals surface area contributed by atoms with Crippen molar-refractivity contribution in [2.24, 2.45) is 5.73 Å². The van der Waals surface area contributed by atoms with Gasteiger partial charge in [0.25, 0.3) is 0 Å². The molecule has 8 heteroatoms. The molecule has 7 nitrogen and oxygen atoms in total. The number of benzene rings is 2. The first-order chi connectivity index (χ1) is 16.1. The molecule has 0 radical (unpaired) electrons. The number of aromatic carboxylic acids is 1. The van der Waals surface area contributed by atoms with Crippen LogP contribution in [0, 0.1) is 5.41 Å². The molecule has 0 aliphatic rings. The number of carbonyl (C=O) groups is 2. The van der Waals surface area contributed by atoms with Crippen molar-refractivity contribution in [2.45, 2.75) is 26.8 Å². The maximum absolute atomic E-state index is 12.2. The number of aromatic nitrogens is 1. The molecule has 0 saturated heterocycles. The Morgan fingerprint density at radius 3 is 2.29 bits per heavy atom. The number of pyridine rings is 1. The highest BCUT2D eigenvalue weighted by atomic mass is 35.5. The number of allylic oxidation sites excluding steroid dienone is 2. The van der Waals surface area contributed by atoms with E-state index in [1.54, 1.807) is 37.4 Å². The molecular formula is C26H25ClN4O3. The summed E-state index contributed by atoms with van der Waals surface area (Å²) in [5.74, 6) is -1.30. The first-order valence-corrected chi connectivity index (χ1v) is 10.9. The van der Waals surface area contributed by atoms with Crippen LogP contribution in [0.4, 0.5) is 5.69 Å². The number of Topliss-reactive ketones (excluding diaryl/α,β-unsaturated/α-hetero) is 1. The Morgan fingerprint density at radius 2 is 1.74 bits per heavy atom. The summed E-state index contributed by atoms with van der Waals surface area (Å²) < 4.78 is 0. The lowest BCUT2D eigenvalue weighted by Gasteiger charge is -2.20. The van der Waals surface area contributed by atoms with E-state index in [-0.39, 0.29) is 28.1 Å². The lowest BCUT2D eigenvalue weighted by atomic mass is 9.94. The normalized spacial score (nSPS) is 12.5. The molecule has 0 aliphatic carbocycles. The topological polar surface area (TPSA) is 129 Å². The first-order valence-electron chi connectivity index (χ1n) is 10.5. The second kappa shape index (κ2) is 10.3. The van der Waals surface area contributed by atoms with Crippen LogP contribution in [-0.4, -0.2) is 27.6 Å². The predicted molar refractivity (Wildman–Crippen MR) is 135 cm³/mol. The second-order valence-corrected chi connectivity index (χ2v) is 8.28. The Morgan fingerprint density at radius 1 is 1.06 bits per heavy atom. The predicted octanol–water partition coefficient (Wildman–Crippen LogP) is 5.30. The Labute approximate surface area is 202 Å². The van der Waals surface area contributed by atoms with Gasteiger partial charge in [-0.25, -0.2) is 4.79 Å². The van der Waals surface area contributed by atoms with Crippen molar-refractivity contribution < 1.29 is 14.7 Å². The molecule has 3 rings (SSSR count). The minimum absolute atomic E-state index is 0.0367. The number of carbonyl (C=O) groups excluding carboxylic acids is 1. The van der Waals surface area contributed by atoms with Gasteiger partial charge < -0.3 is 16.2 Å². The van der Waals surface area contributed by atoms with E-state index in [4.69, 9.17) is 22.7 Å². The number of halogens is 1. The van der Waals surface area contributed by atoms with Crippen molar-refractivity contribution in [3.8, 4) is 0 Å². The summed E-state index contributed by atoms with van der Waals surface area (Å²) in [6.07, 6.45) is 1.70. The monoisotopic (exact) mass is 476 g/mol. The van der Waals surface area contributed by atoms with Crippen molar-refractivity contribution in [1.29, 1.82) is 5.41 Å². The zero-order valence-electron chi connectivity index (χ0n) is 19.0. The van der Waals surface area contributed by atoms with Gasteiger partial charge in [-0.2, -0.15) is 0 Å². The smallest absolute Gasteiger partial charge is 0.337 e. The summed E-state index contributed by atoms with van der Waals surface area (Å²) in [5, 5.41) is 21.5. The molecule has 3 aromatic rings. The van der Waals surface area contributed by atoms with Crippen molar-refractivity contribution in [2.75, 3.05) is 5.32 Å². The fourth-order valence-electron chi connectivity index (χ4n) is 3.68. The number of nitrogens with zero attached hydrogens (tertiary/aromatic N) is 1. The van der Waals surface area contributed by atoms with Gasteiger partial charge in [-0.15, -0.1) is 0 Å². The van der Waals surface area contributed by atoms with Gasteiger partial charge in [0.1, 0.15) is 0 Å². The maximum Gasteiger partial charge on any atom is 0.337 e. The number of hydrogen-bond acceptors (Lipinski definition) is 6. The fourth-order valence-corrected chi connectivity index (χ4v) is 3.95. The van der Waals surface area contributed by atoms with Gasteiger partial charge in [0.05, 0.1) is 28.0 Å². The van der Waals surface area contributed by atoms with E-state index in [1.165, 1.54) is 19.1 Å².